The van der Waals surface area contributed by atoms with Crippen LogP contribution in [0.2, 0.25) is 0 Å². The van der Waals surface area contributed by atoms with Crippen molar-refractivity contribution in [3.05, 3.63) is 54.1 Å². The molecule has 27 heavy (non-hydrogen) atoms. The zero-order chi connectivity index (χ0) is 19.1. The van der Waals surface area contributed by atoms with E-state index in [9.17, 15) is 4.79 Å². The fourth-order valence-electron chi connectivity index (χ4n) is 3.48. The summed E-state index contributed by atoms with van der Waals surface area (Å²) in [5.74, 6) is 0.999. The molecular weight excluding hydrogens is 358 g/mol. The van der Waals surface area contributed by atoms with Crippen LogP contribution in [-0.4, -0.2) is 52.0 Å². The van der Waals surface area contributed by atoms with E-state index in [0.29, 0.717) is 6.54 Å². The Bertz CT molecular complexity index is 743. The van der Waals surface area contributed by atoms with Crippen LogP contribution in [-0.2, 0) is 11.3 Å². The molecule has 1 heterocycles. The van der Waals surface area contributed by atoms with Crippen molar-refractivity contribution in [2.75, 3.05) is 51.4 Å². The first-order valence-corrected chi connectivity index (χ1v) is 10.6. The molecule has 144 valence electrons. The second kappa shape index (κ2) is 9.78. The molecule has 1 aliphatic heterocycles. The number of anilines is 1. The Morgan fingerprint density at radius 3 is 2.44 bits per heavy atom. The summed E-state index contributed by atoms with van der Waals surface area (Å²) in [6.07, 6.45) is 2.04. The Hall–Kier alpha value is -2.02. The zero-order valence-electron chi connectivity index (χ0n) is 16.1. The summed E-state index contributed by atoms with van der Waals surface area (Å²) in [6.45, 7) is 5.82. The first-order valence-electron chi connectivity index (χ1n) is 9.40. The van der Waals surface area contributed by atoms with Gasteiger partial charge in [0.2, 0.25) is 0 Å². The number of methoxy groups -OCH3 is 1. The third-order valence-electron chi connectivity index (χ3n) is 5.04. The van der Waals surface area contributed by atoms with Crippen LogP contribution in [0.25, 0.3) is 0 Å². The van der Waals surface area contributed by atoms with Gasteiger partial charge in [-0.2, -0.15) is 0 Å². The van der Waals surface area contributed by atoms with Crippen molar-refractivity contribution in [1.29, 1.82) is 0 Å². The van der Waals surface area contributed by atoms with Gasteiger partial charge in [-0.1, -0.05) is 6.07 Å². The fraction of sp³-hybridized carbons (Fsp3) is 0.381. The van der Waals surface area contributed by atoms with E-state index >= 15 is 0 Å². The van der Waals surface area contributed by atoms with E-state index in [4.69, 9.17) is 4.74 Å². The molecule has 0 bridgehead atoms. The number of hydrogen-bond acceptors (Lipinski definition) is 3. The van der Waals surface area contributed by atoms with E-state index in [2.05, 4.69) is 23.5 Å². The second-order valence-corrected chi connectivity index (χ2v) is 7.86. The minimum absolute atomic E-state index is 0.0989. The number of nitrogens with one attached hydrogen (secondary N) is 3. The maximum atomic E-state index is 12.4. The average Bonchev–Trinajstić information content (AvgIpc) is 2.70. The number of carbonyl (C=O) groups excluding carboxylic acids is 1. The molecule has 1 saturated heterocycles. The first kappa shape index (κ1) is 19.7. The Labute approximate surface area is 165 Å². The summed E-state index contributed by atoms with van der Waals surface area (Å²) >= 11 is 1.68. The van der Waals surface area contributed by atoms with Crippen LogP contribution < -0.4 is 19.9 Å². The molecule has 1 amide bonds. The van der Waals surface area contributed by atoms with Crippen LogP contribution in [0.1, 0.15) is 5.56 Å². The highest BCUT2D eigenvalue weighted by molar-refractivity contribution is 7.98. The molecule has 0 unspecified atom stereocenters. The van der Waals surface area contributed by atoms with Gasteiger partial charge in [-0.3, -0.25) is 4.79 Å². The number of benzene rings is 2. The first-order chi connectivity index (χ1) is 13.2. The molecule has 5 nitrogen and oxygen atoms in total. The molecule has 3 N–H and O–H groups in total. The van der Waals surface area contributed by atoms with Crippen molar-refractivity contribution < 1.29 is 19.3 Å². The van der Waals surface area contributed by atoms with E-state index in [1.807, 2.05) is 36.6 Å². The molecule has 2 aromatic rings. The standard InChI is InChI=1S/C21H27N3O2S/c1-26-19-8-6-17(7-9-19)15-23-10-12-24(13-11-23)16-21(25)22-18-4-3-5-20(14-18)27-2/h3-9,14H,10-13,15-16H2,1-2H3,(H,22,25)/p+2. The van der Waals surface area contributed by atoms with Crippen LogP contribution in [0.3, 0.4) is 0 Å². The largest absolute Gasteiger partial charge is 0.497 e. The van der Waals surface area contributed by atoms with Crippen molar-refractivity contribution in [2.24, 2.45) is 0 Å². The van der Waals surface area contributed by atoms with Crippen LogP contribution >= 0.6 is 11.8 Å². The van der Waals surface area contributed by atoms with Crippen LogP contribution in [0, 0.1) is 0 Å². The minimum atomic E-state index is 0.0989. The van der Waals surface area contributed by atoms with Crippen molar-refractivity contribution in [1.82, 2.24) is 0 Å². The summed E-state index contributed by atoms with van der Waals surface area (Å²) < 4.78 is 5.22. The summed E-state index contributed by atoms with van der Waals surface area (Å²) in [5, 5.41) is 3.03. The Kier molecular flexibility index (Phi) is 7.15. The molecule has 0 atom stereocenters. The van der Waals surface area contributed by atoms with Crippen LogP contribution in [0.4, 0.5) is 5.69 Å². The third kappa shape index (κ3) is 5.99. The predicted molar refractivity (Wildman–Crippen MR) is 110 cm³/mol. The molecule has 1 fully saturated rings. The maximum Gasteiger partial charge on any atom is 0.279 e. The van der Waals surface area contributed by atoms with E-state index in [1.54, 1.807) is 23.8 Å². The van der Waals surface area contributed by atoms with Gasteiger partial charge < -0.3 is 19.9 Å². The average molecular weight is 388 g/mol. The lowest BCUT2D eigenvalue weighted by molar-refractivity contribution is -1.02. The predicted octanol–water partition coefficient (Wildman–Crippen LogP) is 0.339. The van der Waals surface area contributed by atoms with Crippen molar-refractivity contribution in [2.45, 2.75) is 11.4 Å². The molecule has 0 radical (unpaired) electrons. The molecule has 0 saturated carbocycles. The highest BCUT2D eigenvalue weighted by atomic mass is 32.2. The fourth-order valence-corrected chi connectivity index (χ4v) is 3.94. The van der Waals surface area contributed by atoms with E-state index in [-0.39, 0.29) is 5.91 Å². The van der Waals surface area contributed by atoms with Gasteiger partial charge in [-0.15, -0.1) is 11.8 Å². The van der Waals surface area contributed by atoms with Gasteiger partial charge in [0, 0.05) is 16.1 Å². The van der Waals surface area contributed by atoms with Gasteiger partial charge in [0.1, 0.15) is 38.5 Å². The highest BCUT2D eigenvalue weighted by Crippen LogP contribution is 2.18. The molecule has 0 aromatic heterocycles. The lowest BCUT2D eigenvalue weighted by Crippen LogP contribution is -3.28. The molecule has 0 spiro atoms. The van der Waals surface area contributed by atoms with E-state index in [1.165, 1.54) is 10.5 Å². The van der Waals surface area contributed by atoms with E-state index < -0.39 is 0 Å². The van der Waals surface area contributed by atoms with Crippen molar-refractivity contribution in [3.63, 3.8) is 0 Å². The monoisotopic (exact) mass is 387 g/mol. The SMILES string of the molecule is COc1ccc(C[NH+]2CC[NH+](CC(=O)Nc3cccc(SC)c3)CC2)cc1. The van der Waals surface area contributed by atoms with Gasteiger partial charge in [0.15, 0.2) is 6.54 Å². The quantitative estimate of drug-likeness (QED) is 0.601. The molecule has 1 aliphatic rings. The van der Waals surface area contributed by atoms with Crippen LogP contribution in [0.15, 0.2) is 53.4 Å². The lowest BCUT2D eigenvalue weighted by Gasteiger charge is -2.29. The number of rotatable bonds is 7. The number of ether oxygens (including phenoxy) is 1. The Morgan fingerprint density at radius 1 is 1.07 bits per heavy atom. The normalized spacial score (nSPS) is 19.5. The number of amides is 1. The summed E-state index contributed by atoms with van der Waals surface area (Å²) in [5.41, 5.74) is 2.22. The number of carbonyl (C=O) groups is 1. The molecule has 0 aliphatic carbocycles. The zero-order valence-corrected chi connectivity index (χ0v) is 16.9. The van der Waals surface area contributed by atoms with Gasteiger partial charge in [-0.25, -0.2) is 0 Å². The van der Waals surface area contributed by atoms with Crippen molar-refractivity contribution in [3.8, 4) is 5.75 Å². The minimum Gasteiger partial charge on any atom is -0.497 e. The number of quaternary nitrogens is 2. The Morgan fingerprint density at radius 2 is 1.78 bits per heavy atom. The van der Waals surface area contributed by atoms with Gasteiger partial charge in [0.25, 0.3) is 5.91 Å². The van der Waals surface area contributed by atoms with Crippen LogP contribution in [0.5, 0.6) is 5.75 Å². The van der Waals surface area contributed by atoms with Gasteiger partial charge >= 0.3 is 0 Å². The molecule has 6 heteroatoms. The second-order valence-electron chi connectivity index (χ2n) is 6.98. The Balaban J connectivity index is 1.42. The number of piperazine rings is 1. The number of hydrogen-bond donors (Lipinski definition) is 3. The summed E-state index contributed by atoms with van der Waals surface area (Å²) in [7, 11) is 1.69. The summed E-state index contributed by atoms with van der Waals surface area (Å²) in [4.78, 5) is 16.5. The van der Waals surface area contributed by atoms with Gasteiger partial charge in [0.05, 0.1) is 7.11 Å². The lowest BCUT2D eigenvalue weighted by atomic mass is 10.2. The number of thioether (sulfide) groups is 1. The molecular formula is C21H29N3O2S+2. The maximum absolute atomic E-state index is 12.4. The molecule has 2 aromatic carbocycles. The molecule has 3 rings (SSSR count). The van der Waals surface area contributed by atoms with E-state index in [0.717, 1.165) is 49.1 Å². The van der Waals surface area contributed by atoms with Gasteiger partial charge in [-0.05, 0) is 48.7 Å². The third-order valence-corrected chi connectivity index (χ3v) is 5.77. The topological polar surface area (TPSA) is 47.2 Å². The highest BCUT2D eigenvalue weighted by Gasteiger charge is 2.24. The summed E-state index contributed by atoms with van der Waals surface area (Å²) in [6, 6.07) is 16.3. The van der Waals surface area contributed by atoms with Crippen molar-refractivity contribution >= 4 is 23.4 Å². The smallest absolute Gasteiger partial charge is 0.279 e.